The molecular formula is C12H21N3OS. The van der Waals surface area contributed by atoms with Crippen LogP contribution in [0, 0.1) is 0 Å². The van der Waals surface area contributed by atoms with Crippen LogP contribution in [0.3, 0.4) is 0 Å². The van der Waals surface area contributed by atoms with Gasteiger partial charge in [0.25, 0.3) is 0 Å². The number of ether oxygens (including phenoxy) is 1. The summed E-state index contributed by atoms with van der Waals surface area (Å²) in [4.78, 5) is 7.01. The maximum absolute atomic E-state index is 5.83. The highest BCUT2D eigenvalue weighted by atomic mass is 32.1. The Morgan fingerprint density at radius 3 is 3.00 bits per heavy atom. The molecule has 1 aliphatic heterocycles. The van der Waals surface area contributed by atoms with E-state index in [0.29, 0.717) is 0 Å². The maximum Gasteiger partial charge on any atom is 0.109 e. The Labute approximate surface area is 107 Å². The fraction of sp³-hybridized carbons (Fsp3) is 0.750. The SMILES string of the molecule is CC(N)c1nc(CN2CCOCC2(C)C)cs1. The minimum absolute atomic E-state index is 0.0337. The van der Waals surface area contributed by atoms with Gasteiger partial charge in [-0.2, -0.15) is 0 Å². The maximum atomic E-state index is 5.83. The monoisotopic (exact) mass is 255 g/mol. The molecule has 0 amide bonds. The van der Waals surface area contributed by atoms with Gasteiger partial charge in [-0.25, -0.2) is 4.98 Å². The van der Waals surface area contributed by atoms with E-state index in [0.717, 1.165) is 37.0 Å². The van der Waals surface area contributed by atoms with Crippen LogP contribution in [-0.4, -0.2) is 35.2 Å². The highest BCUT2D eigenvalue weighted by Crippen LogP contribution is 2.23. The van der Waals surface area contributed by atoms with E-state index >= 15 is 0 Å². The van der Waals surface area contributed by atoms with Crippen LogP contribution in [0.1, 0.15) is 37.5 Å². The van der Waals surface area contributed by atoms with Crippen molar-refractivity contribution < 1.29 is 4.74 Å². The average Bonchev–Trinajstić information content (AvgIpc) is 2.70. The summed E-state index contributed by atoms with van der Waals surface area (Å²) in [6.07, 6.45) is 0. The molecule has 0 saturated carbocycles. The summed E-state index contributed by atoms with van der Waals surface area (Å²) in [6, 6.07) is 0.0337. The van der Waals surface area contributed by atoms with Crippen molar-refractivity contribution >= 4 is 11.3 Å². The fourth-order valence-electron chi connectivity index (χ4n) is 1.98. The van der Waals surface area contributed by atoms with Gasteiger partial charge in [0, 0.05) is 24.0 Å². The number of hydrogen-bond donors (Lipinski definition) is 1. The predicted octanol–water partition coefficient (Wildman–Crippen LogP) is 1.77. The minimum Gasteiger partial charge on any atom is -0.378 e. The van der Waals surface area contributed by atoms with Crippen molar-refractivity contribution in [1.82, 2.24) is 9.88 Å². The molecule has 0 spiro atoms. The largest absolute Gasteiger partial charge is 0.378 e. The molecule has 96 valence electrons. The lowest BCUT2D eigenvalue weighted by atomic mass is 10.0. The zero-order chi connectivity index (χ0) is 12.5. The normalized spacial score (nSPS) is 22.6. The molecule has 0 bridgehead atoms. The van der Waals surface area contributed by atoms with Gasteiger partial charge in [0.1, 0.15) is 5.01 Å². The van der Waals surface area contributed by atoms with Gasteiger partial charge >= 0.3 is 0 Å². The molecule has 1 aromatic heterocycles. The van der Waals surface area contributed by atoms with Crippen molar-refractivity contribution in [2.45, 2.75) is 38.9 Å². The number of hydrogen-bond acceptors (Lipinski definition) is 5. The Morgan fingerprint density at radius 1 is 1.65 bits per heavy atom. The first-order valence-electron chi connectivity index (χ1n) is 6.02. The van der Waals surface area contributed by atoms with E-state index in [1.54, 1.807) is 11.3 Å². The van der Waals surface area contributed by atoms with Gasteiger partial charge in [-0.15, -0.1) is 11.3 Å². The number of nitrogens with zero attached hydrogens (tertiary/aromatic N) is 2. The highest BCUT2D eigenvalue weighted by molar-refractivity contribution is 7.09. The first-order chi connectivity index (χ1) is 7.99. The zero-order valence-electron chi connectivity index (χ0n) is 10.8. The lowest BCUT2D eigenvalue weighted by Gasteiger charge is -2.41. The molecule has 17 heavy (non-hydrogen) atoms. The van der Waals surface area contributed by atoms with E-state index < -0.39 is 0 Å². The Bertz CT molecular complexity index is 376. The van der Waals surface area contributed by atoms with Gasteiger partial charge in [-0.1, -0.05) is 0 Å². The Balaban J connectivity index is 2.04. The zero-order valence-corrected chi connectivity index (χ0v) is 11.6. The Kier molecular flexibility index (Phi) is 3.82. The molecule has 1 fully saturated rings. The molecule has 1 atom stereocenters. The summed E-state index contributed by atoms with van der Waals surface area (Å²) >= 11 is 1.65. The third kappa shape index (κ3) is 3.04. The van der Waals surface area contributed by atoms with E-state index in [-0.39, 0.29) is 11.6 Å². The van der Waals surface area contributed by atoms with Gasteiger partial charge in [0.15, 0.2) is 0 Å². The van der Waals surface area contributed by atoms with E-state index in [4.69, 9.17) is 10.5 Å². The summed E-state index contributed by atoms with van der Waals surface area (Å²) in [6.45, 7) is 9.86. The third-order valence-corrected chi connectivity index (χ3v) is 4.22. The van der Waals surface area contributed by atoms with Crippen molar-refractivity contribution in [2.75, 3.05) is 19.8 Å². The van der Waals surface area contributed by atoms with Crippen LogP contribution in [0.15, 0.2) is 5.38 Å². The van der Waals surface area contributed by atoms with Gasteiger partial charge in [0.2, 0.25) is 0 Å². The number of thiazole rings is 1. The first kappa shape index (κ1) is 13.0. The van der Waals surface area contributed by atoms with Crippen molar-refractivity contribution in [1.29, 1.82) is 0 Å². The molecule has 2 heterocycles. The molecule has 1 aromatic rings. The number of morpholine rings is 1. The van der Waals surface area contributed by atoms with Crippen LogP contribution in [0.25, 0.3) is 0 Å². The first-order valence-corrected chi connectivity index (χ1v) is 6.90. The summed E-state index contributed by atoms with van der Waals surface area (Å²) in [7, 11) is 0. The molecule has 1 unspecified atom stereocenters. The van der Waals surface area contributed by atoms with Gasteiger partial charge in [0.05, 0.1) is 24.9 Å². The second-order valence-electron chi connectivity index (χ2n) is 5.25. The predicted molar refractivity (Wildman–Crippen MR) is 70.0 cm³/mol. The van der Waals surface area contributed by atoms with E-state index in [2.05, 4.69) is 29.1 Å². The van der Waals surface area contributed by atoms with Crippen LogP contribution < -0.4 is 5.73 Å². The topological polar surface area (TPSA) is 51.4 Å². The standard InChI is InChI=1S/C12H21N3OS/c1-9(13)11-14-10(7-17-11)6-15-4-5-16-8-12(15,2)3/h7,9H,4-6,8,13H2,1-3H3. The van der Waals surface area contributed by atoms with E-state index in [1.807, 2.05) is 6.92 Å². The molecule has 2 rings (SSSR count). The van der Waals surface area contributed by atoms with Crippen LogP contribution in [0.4, 0.5) is 0 Å². The van der Waals surface area contributed by atoms with Crippen molar-refractivity contribution in [3.63, 3.8) is 0 Å². The lowest BCUT2D eigenvalue weighted by molar-refractivity contribution is -0.0557. The molecule has 1 aliphatic rings. The quantitative estimate of drug-likeness (QED) is 0.894. The summed E-state index contributed by atoms with van der Waals surface area (Å²) < 4.78 is 5.52. The molecule has 0 aliphatic carbocycles. The fourth-order valence-corrected chi connectivity index (χ4v) is 2.75. The second kappa shape index (κ2) is 5.02. The van der Waals surface area contributed by atoms with Crippen molar-refractivity contribution in [3.8, 4) is 0 Å². The highest BCUT2D eigenvalue weighted by Gasteiger charge is 2.30. The van der Waals surface area contributed by atoms with E-state index in [1.165, 1.54) is 0 Å². The second-order valence-corrected chi connectivity index (χ2v) is 6.14. The van der Waals surface area contributed by atoms with Gasteiger partial charge in [-0.3, -0.25) is 4.90 Å². The minimum atomic E-state index is 0.0337. The van der Waals surface area contributed by atoms with Crippen LogP contribution >= 0.6 is 11.3 Å². The van der Waals surface area contributed by atoms with Crippen LogP contribution in [-0.2, 0) is 11.3 Å². The molecule has 4 nitrogen and oxygen atoms in total. The molecular weight excluding hydrogens is 234 g/mol. The van der Waals surface area contributed by atoms with Crippen LogP contribution in [0.5, 0.6) is 0 Å². The molecule has 0 radical (unpaired) electrons. The van der Waals surface area contributed by atoms with Crippen molar-refractivity contribution in [2.24, 2.45) is 5.73 Å². The molecule has 1 saturated heterocycles. The number of nitrogens with two attached hydrogens (primary N) is 1. The Morgan fingerprint density at radius 2 is 2.41 bits per heavy atom. The van der Waals surface area contributed by atoms with Crippen molar-refractivity contribution in [3.05, 3.63) is 16.1 Å². The number of rotatable bonds is 3. The lowest BCUT2D eigenvalue weighted by Crippen LogP contribution is -2.52. The smallest absolute Gasteiger partial charge is 0.109 e. The molecule has 2 N–H and O–H groups in total. The summed E-state index contributed by atoms with van der Waals surface area (Å²) in [5, 5.41) is 3.13. The average molecular weight is 255 g/mol. The summed E-state index contributed by atoms with van der Waals surface area (Å²) in [5.41, 5.74) is 7.04. The van der Waals surface area contributed by atoms with Crippen LogP contribution in [0.2, 0.25) is 0 Å². The third-order valence-electron chi connectivity index (χ3n) is 3.13. The van der Waals surface area contributed by atoms with Gasteiger partial charge in [-0.05, 0) is 20.8 Å². The summed E-state index contributed by atoms with van der Waals surface area (Å²) in [5.74, 6) is 0. The molecule has 5 heteroatoms. The van der Waals surface area contributed by atoms with E-state index in [9.17, 15) is 0 Å². The van der Waals surface area contributed by atoms with Gasteiger partial charge < -0.3 is 10.5 Å². The number of aromatic nitrogens is 1. The molecule has 0 aromatic carbocycles. The Hall–Kier alpha value is -0.490.